The third-order valence-electron chi connectivity index (χ3n) is 9.12. The van der Waals surface area contributed by atoms with Crippen LogP contribution in [0, 0.1) is 34.0 Å². The molecule has 0 radical (unpaired) electrons. The molecule has 3 saturated carbocycles. The monoisotopic (exact) mass is 344 g/mol. The van der Waals surface area contributed by atoms with E-state index in [4.69, 9.17) is 0 Å². The van der Waals surface area contributed by atoms with E-state index in [2.05, 4.69) is 20.8 Å². The fraction of sp³-hybridized carbons (Fsp3) is 0.818. The predicted molar refractivity (Wildman–Crippen MR) is 96.9 cm³/mol. The number of rotatable bonds is 1. The summed E-state index contributed by atoms with van der Waals surface area (Å²) in [4.78, 5) is 25.4. The van der Waals surface area contributed by atoms with Crippen molar-refractivity contribution in [2.24, 2.45) is 34.0 Å². The van der Waals surface area contributed by atoms with Gasteiger partial charge in [0.25, 0.3) is 0 Å². The Morgan fingerprint density at radius 1 is 1.08 bits per heavy atom. The molecule has 4 rings (SSSR count). The summed E-state index contributed by atoms with van der Waals surface area (Å²) < 4.78 is 0. The summed E-state index contributed by atoms with van der Waals surface area (Å²) in [5.74, 6) is 1.52. The first kappa shape index (κ1) is 17.5. The summed E-state index contributed by atoms with van der Waals surface area (Å²) in [5, 5.41) is 10.2. The van der Waals surface area contributed by atoms with Gasteiger partial charge in [-0.25, -0.2) is 0 Å². The minimum absolute atomic E-state index is 0.0345. The van der Waals surface area contributed by atoms with Gasteiger partial charge >= 0.3 is 0 Å². The Morgan fingerprint density at radius 2 is 1.80 bits per heavy atom. The number of hydrogen-bond donors (Lipinski definition) is 1. The van der Waals surface area contributed by atoms with Crippen LogP contribution in [0.1, 0.15) is 72.6 Å². The van der Waals surface area contributed by atoms with Gasteiger partial charge in [-0.05, 0) is 80.6 Å². The van der Waals surface area contributed by atoms with Crippen molar-refractivity contribution in [2.45, 2.75) is 78.7 Å². The fourth-order valence-electron chi connectivity index (χ4n) is 7.35. The van der Waals surface area contributed by atoms with Crippen molar-refractivity contribution in [1.82, 2.24) is 0 Å². The van der Waals surface area contributed by atoms with Crippen LogP contribution in [0.2, 0.25) is 0 Å². The van der Waals surface area contributed by atoms with Gasteiger partial charge in [-0.3, -0.25) is 9.59 Å². The molecule has 0 spiro atoms. The maximum Gasteiger partial charge on any atom is 0.162 e. The number of aliphatic hydroxyl groups is 1. The highest BCUT2D eigenvalue weighted by Crippen LogP contribution is 2.68. The van der Waals surface area contributed by atoms with Crippen LogP contribution in [0.4, 0.5) is 0 Å². The molecule has 25 heavy (non-hydrogen) atoms. The Balaban J connectivity index is 1.78. The minimum Gasteiger partial charge on any atom is -0.393 e. The normalized spacial score (nSPS) is 52.0. The standard InChI is InChI=1S/C22H32O3/c1-13(23)16-5-6-17-15-11-19(25)22(4)12-14(24)7-10-21(22,3)18(15)8-9-20(16,17)2/h11,14,16-18,24H,5-10,12H2,1-4H3/t14-,16-,17+,18+,20-,21-,22-/m1/s1. The molecule has 3 fully saturated rings. The molecular weight excluding hydrogens is 312 g/mol. The molecule has 0 unspecified atom stereocenters. The Bertz CT molecular complexity index is 664. The molecule has 138 valence electrons. The molecule has 4 aliphatic rings. The van der Waals surface area contributed by atoms with Gasteiger partial charge in [0.05, 0.1) is 6.10 Å². The lowest BCUT2D eigenvalue weighted by Gasteiger charge is -2.60. The number of allylic oxidation sites excluding steroid dienone is 2. The number of carbonyl (C=O) groups is 2. The summed E-state index contributed by atoms with van der Waals surface area (Å²) in [6, 6.07) is 0. The second-order valence-corrected chi connectivity index (χ2v) is 10.0. The first-order valence-corrected chi connectivity index (χ1v) is 10.1. The summed E-state index contributed by atoms with van der Waals surface area (Å²) in [5.41, 5.74) is 0.889. The lowest BCUT2D eigenvalue weighted by atomic mass is 9.43. The fourth-order valence-corrected chi connectivity index (χ4v) is 7.35. The molecule has 0 aromatic carbocycles. The van der Waals surface area contributed by atoms with Gasteiger partial charge in [-0.1, -0.05) is 26.3 Å². The van der Waals surface area contributed by atoms with Gasteiger partial charge in [0.2, 0.25) is 0 Å². The average molecular weight is 344 g/mol. The van der Waals surface area contributed by atoms with E-state index in [1.165, 1.54) is 5.57 Å². The van der Waals surface area contributed by atoms with E-state index in [0.717, 1.165) is 38.5 Å². The van der Waals surface area contributed by atoms with E-state index in [0.29, 0.717) is 24.0 Å². The van der Waals surface area contributed by atoms with Crippen molar-refractivity contribution in [3.8, 4) is 0 Å². The highest BCUT2D eigenvalue weighted by molar-refractivity contribution is 5.97. The first-order chi connectivity index (χ1) is 11.6. The van der Waals surface area contributed by atoms with Crippen molar-refractivity contribution in [3.05, 3.63) is 11.6 Å². The SMILES string of the molecule is CC(=O)[C@H]1CC[C@H]2C3=CC(=O)[C@@]4(C)C[C@H](O)CC[C@]4(C)[C@H]3CC[C@]12C. The van der Waals surface area contributed by atoms with Gasteiger partial charge in [0.15, 0.2) is 5.78 Å². The summed E-state index contributed by atoms with van der Waals surface area (Å²) in [6.07, 6.45) is 8.13. The zero-order valence-corrected chi connectivity index (χ0v) is 16.1. The number of ketones is 2. The van der Waals surface area contributed by atoms with Crippen LogP contribution in [0.15, 0.2) is 11.6 Å². The lowest BCUT2D eigenvalue weighted by Crippen LogP contribution is -2.58. The van der Waals surface area contributed by atoms with Crippen molar-refractivity contribution >= 4 is 11.6 Å². The molecule has 0 aliphatic heterocycles. The second-order valence-electron chi connectivity index (χ2n) is 10.0. The highest BCUT2D eigenvalue weighted by atomic mass is 16.3. The summed E-state index contributed by atoms with van der Waals surface area (Å²) in [7, 11) is 0. The van der Waals surface area contributed by atoms with Crippen LogP contribution in [0.5, 0.6) is 0 Å². The summed E-state index contributed by atoms with van der Waals surface area (Å²) in [6.45, 7) is 8.42. The van der Waals surface area contributed by atoms with Crippen molar-refractivity contribution < 1.29 is 14.7 Å². The van der Waals surface area contributed by atoms with Crippen LogP contribution in [-0.4, -0.2) is 22.8 Å². The topological polar surface area (TPSA) is 54.4 Å². The molecule has 1 N–H and O–H groups in total. The van der Waals surface area contributed by atoms with E-state index in [-0.39, 0.29) is 28.6 Å². The maximum atomic E-state index is 13.2. The molecule has 0 heterocycles. The Kier molecular flexibility index (Phi) is 3.69. The predicted octanol–water partition coefficient (Wildman–Crippen LogP) is 4.08. The smallest absolute Gasteiger partial charge is 0.162 e. The number of fused-ring (bicyclic) bond motifs is 5. The van der Waals surface area contributed by atoms with Crippen LogP contribution in [0.25, 0.3) is 0 Å². The van der Waals surface area contributed by atoms with E-state index in [1.807, 2.05) is 6.08 Å². The molecule has 0 aromatic heterocycles. The van der Waals surface area contributed by atoms with Gasteiger partial charge in [0.1, 0.15) is 5.78 Å². The molecule has 0 aromatic rings. The van der Waals surface area contributed by atoms with Crippen molar-refractivity contribution in [1.29, 1.82) is 0 Å². The maximum absolute atomic E-state index is 13.2. The zero-order chi connectivity index (χ0) is 18.2. The molecule has 3 heteroatoms. The molecule has 0 saturated heterocycles. The van der Waals surface area contributed by atoms with E-state index < -0.39 is 5.41 Å². The quantitative estimate of drug-likeness (QED) is 0.779. The third kappa shape index (κ3) is 2.08. The number of Topliss-reactive ketones (excluding diaryl/α,β-unsaturated/α-hetero) is 1. The van der Waals surface area contributed by atoms with Crippen molar-refractivity contribution in [2.75, 3.05) is 0 Å². The Hall–Kier alpha value is -0.960. The average Bonchev–Trinajstić information content (AvgIpc) is 2.88. The zero-order valence-electron chi connectivity index (χ0n) is 16.1. The number of aliphatic hydroxyl groups excluding tert-OH is 1. The van der Waals surface area contributed by atoms with Gasteiger partial charge in [-0.2, -0.15) is 0 Å². The van der Waals surface area contributed by atoms with E-state index in [1.54, 1.807) is 6.92 Å². The summed E-state index contributed by atoms with van der Waals surface area (Å²) >= 11 is 0. The van der Waals surface area contributed by atoms with Gasteiger partial charge in [0, 0.05) is 11.3 Å². The third-order valence-corrected chi connectivity index (χ3v) is 9.12. The molecule has 0 amide bonds. The molecular formula is C22H32O3. The van der Waals surface area contributed by atoms with Gasteiger partial charge < -0.3 is 5.11 Å². The molecule has 3 nitrogen and oxygen atoms in total. The van der Waals surface area contributed by atoms with Gasteiger partial charge in [-0.15, -0.1) is 0 Å². The minimum atomic E-state index is -0.439. The molecule has 7 atom stereocenters. The largest absolute Gasteiger partial charge is 0.393 e. The van der Waals surface area contributed by atoms with Crippen LogP contribution in [-0.2, 0) is 9.59 Å². The van der Waals surface area contributed by atoms with E-state index in [9.17, 15) is 14.7 Å². The number of carbonyl (C=O) groups excluding carboxylic acids is 2. The van der Waals surface area contributed by atoms with Crippen LogP contribution < -0.4 is 0 Å². The molecule has 0 bridgehead atoms. The van der Waals surface area contributed by atoms with Crippen LogP contribution >= 0.6 is 0 Å². The highest BCUT2D eigenvalue weighted by Gasteiger charge is 2.63. The Morgan fingerprint density at radius 3 is 2.48 bits per heavy atom. The molecule has 4 aliphatic carbocycles. The van der Waals surface area contributed by atoms with E-state index >= 15 is 0 Å². The lowest BCUT2D eigenvalue weighted by molar-refractivity contribution is -0.149. The Labute approximate surface area is 151 Å². The van der Waals surface area contributed by atoms with Crippen LogP contribution in [0.3, 0.4) is 0 Å². The first-order valence-electron chi connectivity index (χ1n) is 10.1. The second kappa shape index (κ2) is 5.28. The number of hydrogen-bond acceptors (Lipinski definition) is 3. The van der Waals surface area contributed by atoms with Crippen molar-refractivity contribution in [3.63, 3.8) is 0 Å².